The van der Waals surface area contributed by atoms with Crippen molar-refractivity contribution in [3.8, 4) is 0 Å². The van der Waals surface area contributed by atoms with E-state index >= 15 is 0 Å². The van der Waals surface area contributed by atoms with Crippen LogP contribution in [0.15, 0.2) is 49.1 Å². The Morgan fingerprint density at radius 3 is 1.28 bits per heavy atom. The van der Waals surface area contributed by atoms with E-state index < -0.39 is 12.1 Å². The first kappa shape index (κ1) is 28.4. The summed E-state index contributed by atoms with van der Waals surface area (Å²) in [7, 11) is 0. The fourth-order valence-electron chi connectivity index (χ4n) is 3.42. The highest BCUT2D eigenvalue weighted by Gasteiger charge is 2.25. The number of nitrogens with zero attached hydrogens (tertiary/aromatic N) is 2. The fourth-order valence-corrected chi connectivity index (χ4v) is 3.42. The van der Waals surface area contributed by atoms with Crippen molar-refractivity contribution in [3.63, 3.8) is 0 Å². The number of carbonyl (C=O) groups is 4. The summed E-state index contributed by atoms with van der Waals surface area (Å²) in [4.78, 5) is 57.8. The SMILES string of the molecule is CC(C)[C@H](NC(=O)c1ccncc1)C(=O)NCCCCNC(=O)[C@@H](NC(=O)c1ccncc1)C(C)C. The average Bonchev–Trinajstić information content (AvgIpc) is 2.87. The molecule has 0 aromatic carbocycles. The van der Waals surface area contributed by atoms with Crippen LogP contribution >= 0.6 is 0 Å². The number of nitrogens with one attached hydrogen (secondary N) is 4. The second kappa shape index (κ2) is 14.6. The number of amides is 4. The molecule has 2 aromatic heterocycles. The lowest BCUT2D eigenvalue weighted by Gasteiger charge is -2.22. The van der Waals surface area contributed by atoms with Crippen LogP contribution in [-0.4, -0.2) is 58.8 Å². The van der Waals surface area contributed by atoms with Gasteiger partial charge in [-0.05, 0) is 48.9 Å². The first-order chi connectivity index (χ1) is 17.2. The lowest BCUT2D eigenvalue weighted by atomic mass is 10.0. The van der Waals surface area contributed by atoms with Crippen LogP contribution in [0.5, 0.6) is 0 Å². The standard InChI is InChI=1S/C26H36N6O4/c1-17(2)21(31-23(33)19-7-13-27-14-8-19)25(35)29-11-5-6-12-30-26(36)22(18(3)4)32-24(34)20-9-15-28-16-10-20/h7-10,13-18,21-22H,5-6,11-12H2,1-4H3,(H,29,35)(H,30,36)(H,31,33)(H,32,34)/t21-,22-/m0/s1. The zero-order valence-corrected chi connectivity index (χ0v) is 21.3. The Hall–Kier alpha value is -3.82. The quantitative estimate of drug-likeness (QED) is 0.311. The topological polar surface area (TPSA) is 142 Å². The Morgan fingerprint density at radius 1 is 0.639 bits per heavy atom. The molecule has 194 valence electrons. The Kier molecular flexibility index (Phi) is 11.5. The van der Waals surface area contributed by atoms with Gasteiger partial charge in [0.05, 0.1) is 0 Å². The zero-order chi connectivity index (χ0) is 26.5. The Balaban J connectivity index is 1.73. The van der Waals surface area contributed by atoms with Crippen molar-refractivity contribution < 1.29 is 19.2 Å². The molecule has 2 heterocycles. The summed E-state index contributed by atoms with van der Waals surface area (Å²) >= 11 is 0. The molecule has 0 spiro atoms. The highest BCUT2D eigenvalue weighted by Crippen LogP contribution is 2.06. The van der Waals surface area contributed by atoms with Gasteiger partial charge in [0.2, 0.25) is 11.8 Å². The summed E-state index contributed by atoms with van der Waals surface area (Å²) in [5.74, 6) is -1.35. The number of hydrogen-bond acceptors (Lipinski definition) is 6. The van der Waals surface area contributed by atoms with Gasteiger partial charge < -0.3 is 21.3 Å². The van der Waals surface area contributed by atoms with E-state index in [0.717, 1.165) is 0 Å². The van der Waals surface area contributed by atoms with Gasteiger partial charge in [0.25, 0.3) is 11.8 Å². The second-order valence-electron chi connectivity index (χ2n) is 9.15. The van der Waals surface area contributed by atoms with E-state index in [2.05, 4.69) is 31.2 Å². The van der Waals surface area contributed by atoms with Crippen LogP contribution in [0.4, 0.5) is 0 Å². The maximum atomic E-state index is 12.6. The molecular formula is C26H36N6O4. The molecule has 0 aliphatic heterocycles. The van der Waals surface area contributed by atoms with Gasteiger partial charge in [-0.1, -0.05) is 27.7 Å². The van der Waals surface area contributed by atoms with Crippen LogP contribution < -0.4 is 21.3 Å². The maximum Gasteiger partial charge on any atom is 0.252 e. The minimum Gasteiger partial charge on any atom is -0.354 e. The Bertz CT molecular complexity index is 917. The molecule has 0 unspecified atom stereocenters. The van der Waals surface area contributed by atoms with E-state index in [9.17, 15) is 19.2 Å². The summed E-state index contributed by atoms with van der Waals surface area (Å²) in [5, 5.41) is 11.3. The third kappa shape index (κ3) is 9.09. The van der Waals surface area contributed by atoms with Gasteiger partial charge in [0.1, 0.15) is 12.1 Å². The van der Waals surface area contributed by atoms with Crippen LogP contribution in [0.2, 0.25) is 0 Å². The molecule has 0 aliphatic carbocycles. The summed E-state index contributed by atoms with van der Waals surface area (Å²) in [6, 6.07) is 5.03. The average molecular weight is 497 g/mol. The lowest BCUT2D eigenvalue weighted by molar-refractivity contribution is -0.124. The van der Waals surface area contributed by atoms with Crippen LogP contribution in [0.1, 0.15) is 61.3 Å². The van der Waals surface area contributed by atoms with Crippen LogP contribution in [0.25, 0.3) is 0 Å². The van der Waals surface area contributed by atoms with E-state index in [1.54, 1.807) is 24.3 Å². The molecule has 0 radical (unpaired) electrons. The molecule has 36 heavy (non-hydrogen) atoms. The van der Waals surface area contributed by atoms with E-state index in [1.807, 2.05) is 27.7 Å². The fraction of sp³-hybridized carbons (Fsp3) is 0.462. The number of pyridine rings is 2. The molecule has 0 saturated carbocycles. The minimum atomic E-state index is -0.666. The predicted molar refractivity (Wildman–Crippen MR) is 136 cm³/mol. The van der Waals surface area contributed by atoms with Gasteiger partial charge in [0.15, 0.2) is 0 Å². The van der Waals surface area contributed by atoms with Crippen molar-refractivity contribution in [1.82, 2.24) is 31.2 Å². The van der Waals surface area contributed by atoms with E-state index in [4.69, 9.17) is 0 Å². The van der Waals surface area contributed by atoms with Crippen LogP contribution in [0, 0.1) is 11.8 Å². The first-order valence-electron chi connectivity index (χ1n) is 12.2. The molecule has 4 amide bonds. The van der Waals surface area contributed by atoms with Crippen molar-refractivity contribution >= 4 is 23.6 Å². The summed E-state index contributed by atoms with van der Waals surface area (Å²) in [6.07, 6.45) is 7.38. The zero-order valence-electron chi connectivity index (χ0n) is 21.3. The molecule has 0 fully saturated rings. The van der Waals surface area contributed by atoms with Crippen molar-refractivity contribution in [2.45, 2.75) is 52.6 Å². The smallest absolute Gasteiger partial charge is 0.252 e. The monoisotopic (exact) mass is 496 g/mol. The van der Waals surface area contributed by atoms with Gasteiger partial charge in [-0.15, -0.1) is 0 Å². The molecule has 10 nitrogen and oxygen atoms in total. The summed E-state index contributed by atoms with van der Waals surface area (Å²) in [6.45, 7) is 8.29. The first-order valence-corrected chi connectivity index (χ1v) is 12.2. The van der Waals surface area contributed by atoms with Gasteiger partial charge in [-0.2, -0.15) is 0 Å². The van der Waals surface area contributed by atoms with E-state index in [1.165, 1.54) is 24.8 Å². The van der Waals surface area contributed by atoms with E-state index in [0.29, 0.717) is 37.1 Å². The highest BCUT2D eigenvalue weighted by atomic mass is 16.2. The maximum absolute atomic E-state index is 12.6. The highest BCUT2D eigenvalue weighted by molar-refractivity contribution is 5.98. The molecule has 0 bridgehead atoms. The summed E-state index contributed by atoms with van der Waals surface area (Å²) in [5.41, 5.74) is 0.881. The number of rotatable bonds is 13. The molecule has 2 aromatic rings. The largest absolute Gasteiger partial charge is 0.354 e. The van der Waals surface area contributed by atoms with Gasteiger partial charge in [-0.25, -0.2) is 0 Å². The van der Waals surface area contributed by atoms with Gasteiger partial charge >= 0.3 is 0 Å². The third-order valence-corrected chi connectivity index (χ3v) is 5.56. The number of hydrogen-bond donors (Lipinski definition) is 4. The molecular weight excluding hydrogens is 460 g/mol. The Morgan fingerprint density at radius 2 is 0.972 bits per heavy atom. The van der Waals surface area contributed by atoms with Gasteiger partial charge in [0, 0.05) is 49.0 Å². The predicted octanol–water partition coefficient (Wildman–Crippen LogP) is 1.70. The second-order valence-corrected chi connectivity index (χ2v) is 9.15. The Labute approximate surface area is 212 Å². The van der Waals surface area contributed by atoms with Crippen LogP contribution in [-0.2, 0) is 9.59 Å². The lowest BCUT2D eigenvalue weighted by Crippen LogP contribution is -2.50. The number of carbonyl (C=O) groups excluding carboxylic acids is 4. The molecule has 4 N–H and O–H groups in total. The van der Waals surface area contributed by atoms with Crippen molar-refractivity contribution in [3.05, 3.63) is 60.2 Å². The molecule has 0 aliphatic rings. The normalized spacial score (nSPS) is 12.5. The molecule has 0 saturated heterocycles. The number of unbranched alkanes of at least 4 members (excludes halogenated alkanes) is 1. The minimum absolute atomic E-state index is 0.0922. The molecule has 10 heteroatoms. The summed E-state index contributed by atoms with van der Waals surface area (Å²) < 4.78 is 0. The third-order valence-electron chi connectivity index (χ3n) is 5.56. The molecule has 2 atom stereocenters. The van der Waals surface area contributed by atoms with Crippen molar-refractivity contribution in [1.29, 1.82) is 0 Å². The number of aromatic nitrogens is 2. The van der Waals surface area contributed by atoms with Crippen molar-refractivity contribution in [2.75, 3.05) is 13.1 Å². The van der Waals surface area contributed by atoms with Gasteiger partial charge in [-0.3, -0.25) is 29.1 Å². The molecule has 2 rings (SSSR count). The van der Waals surface area contributed by atoms with Crippen molar-refractivity contribution in [2.24, 2.45) is 11.8 Å². The van der Waals surface area contributed by atoms with Crippen LogP contribution in [0.3, 0.4) is 0 Å². The van der Waals surface area contributed by atoms with E-state index in [-0.39, 0.29) is 35.5 Å².